The molecule has 5 nitrogen and oxygen atoms in total. The van der Waals surface area contributed by atoms with Crippen LogP contribution in [-0.2, 0) is 6.54 Å². The van der Waals surface area contributed by atoms with Crippen molar-refractivity contribution in [1.82, 2.24) is 20.7 Å². The van der Waals surface area contributed by atoms with Crippen molar-refractivity contribution in [2.45, 2.75) is 6.54 Å². The molecule has 0 aliphatic rings. The third-order valence-corrected chi connectivity index (χ3v) is 2.92. The number of aromatic nitrogens is 3. The van der Waals surface area contributed by atoms with Crippen LogP contribution in [0.3, 0.4) is 0 Å². The highest BCUT2D eigenvalue weighted by molar-refractivity contribution is 7.17. The number of hydrogen-bond acceptors (Lipinski definition) is 4. The predicted molar refractivity (Wildman–Crippen MR) is 56.9 cm³/mol. The van der Waals surface area contributed by atoms with Crippen molar-refractivity contribution in [3.8, 4) is 0 Å². The van der Waals surface area contributed by atoms with Crippen molar-refractivity contribution in [1.29, 1.82) is 0 Å². The molecule has 0 unspecified atom stereocenters. The lowest BCUT2D eigenvalue weighted by molar-refractivity contribution is 0.0954. The normalized spacial score (nSPS) is 10.2. The van der Waals surface area contributed by atoms with E-state index in [1.165, 1.54) is 11.3 Å². The maximum atomic E-state index is 11.5. The van der Waals surface area contributed by atoms with E-state index in [0.29, 0.717) is 21.5 Å². The molecule has 2 aromatic rings. The molecule has 78 valence electrons. The van der Waals surface area contributed by atoms with Gasteiger partial charge in [0, 0.05) is 0 Å². The Bertz CT molecular complexity index is 453. The van der Waals surface area contributed by atoms with Crippen molar-refractivity contribution in [3.05, 3.63) is 33.2 Å². The SMILES string of the molecule is O=C(NCc1cn[nH]n1)c1ccc(Cl)s1. The average Bonchev–Trinajstić information content (AvgIpc) is 2.84. The average molecular weight is 243 g/mol. The highest BCUT2D eigenvalue weighted by atomic mass is 35.5. The number of aromatic amines is 1. The van der Waals surface area contributed by atoms with E-state index in [1.807, 2.05) is 0 Å². The first-order chi connectivity index (χ1) is 7.25. The van der Waals surface area contributed by atoms with E-state index < -0.39 is 0 Å². The van der Waals surface area contributed by atoms with Gasteiger partial charge in [0.1, 0.15) is 5.69 Å². The van der Waals surface area contributed by atoms with Gasteiger partial charge >= 0.3 is 0 Å². The second kappa shape index (κ2) is 4.41. The van der Waals surface area contributed by atoms with Crippen LogP contribution < -0.4 is 5.32 Å². The Labute approximate surface area is 94.5 Å². The molecule has 0 aliphatic carbocycles. The first kappa shape index (κ1) is 10.1. The van der Waals surface area contributed by atoms with E-state index >= 15 is 0 Å². The minimum absolute atomic E-state index is 0.157. The van der Waals surface area contributed by atoms with Gasteiger partial charge in [-0.2, -0.15) is 15.4 Å². The molecule has 0 fully saturated rings. The van der Waals surface area contributed by atoms with Gasteiger partial charge in [0.25, 0.3) is 5.91 Å². The minimum Gasteiger partial charge on any atom is -0.346 e. The molecule has 0 aromatic carbocycles. The summed E-state index contributed by atoms with van der Waals surface area (Å²) < 4.78 is 0.599. The Morgan fingerprint density at radius 1 is 1.60 bits per heavy atom. The van der Waals surface area contributed by atoms with Crippen molar-refractivity contribution in [2.75, 3.05) is 0 Å². The zero-order chi connectivity index (χ0) is 10.7. The molecule has 2 N–H and O–H groups in total. The van der Waals surface area contributed by atoms with Crippen LogP contribution in [0.5, 0.6) is 0 Å². The number of halogens is 1. The van der Waals surface area contributed by atoms with E-state index in [-0.39, 0.29) is 5.91 Å². The molecular weight excluding hydrogens is 236 g/mol. The summed E-state index contributed by atoms with van der Waals surface area (Å²) in [6.07, 6.45) is 1.56. The number of rotatable bonds is 3. The van der Waals surface area contributed by atoms with E-state index in [0.717, 1.165) is 0 Å². The molecule has 1 amide bonds. The van der Waals surface area contributed by atoms with E-state index in [9.17, 15) is 4.79 Å². The smallest absolute Gasteiger partial charge is 0.261 e. The monoisotopic (exact) mass is 242 g/mol. The van der Waals surface area contributed by atoms with Gasteiger partial charge < -0.3 is 5.32 Å². The molecule has 0 bridgehead atoms. The lowest BCUT2D eigenvalue weighted by Gasteiger charge is -1.99. The van der Waals surface area contributed by atoms with E-state index in [2.05, 4.69) is 20.7 Å². The Balaban J connectivity index is 1.93. The summed E-state index contributed by atoms with van der Waals surface area (Å²) >= 11 is 6.96. The van der Waals surface area contributed by atoms with E-state index in [1.54, 1.807) is 18.3 Å². The third kappa shape index (κ3) is 2.54. The lowest BCUT2D eigenvalue weighted by atomic mass is 10.4. The summed E-state index contributed by atoms with van der Waals surface area (Å²) in [5.41, 5.74) is 0.686. The zero-order valence-corrected chi connectivity index (χ0v) is 9.10. The maximum Gasteiger partial charge on any atom is 0.261 e. The third-order valence-electron chi connectivity index (χ3n) is 1.69. The number of carbonyl (C=O) groups excluding carboxylic acids is 1. The number of amides is 1. The minimum atomic E-state index is -0.157. The van der Waals surface area contributed by atoms with Crippen molar-refractivity contribution < 1.29 is 4.79 Å². The summed E-state index contributed by atoms with van der Waals surface area (Å²) in [5.74, 6) is -0.157. The van der Waals surface area contributed by atoms with Crippen molar-refractivity contribution in [3.63, 3.8) is 0 Å². The standard InChI is InChI=1S/C8H7ClN4OS/c9-7-2-1-6(15-7)8(14)10-3-5-4-11-13-12-5/h1-2,4H,3H2,(H,10,14)(H,11,12,13). The molecule has 7 heteroatoms. The first-order valence-electron chi connectivity index (χ1n) is 4.14. The van der Waals surface area contributed by atoms with Crippen LogP contribution in [0.25, 0.3) is 0 Å². The van der Waals surface area contributed by atoms with Gasteiger partial charge in [0.05, 0.1) is 22.0 Å². The summed E-state index contributed by atoms with van der Waals surface area (Å²) in [6, 6.07) is 3.38. The fourth-order valence-electron chi connectivity index (χ4n) is 1.00. The highest BCUT2D eigenvalue weighted by Gasteiger charge is 2.08. The number of nitrogens with one attached hydrogen (secondary N) is 2. The number of thiophene rings is 1. The molecule has 2 aromatic heterocycles. The topological polar surface area (TPSA) is 70.7 Å². The fraction of sp³-hybridized carbons (Fsp3) is 0.125. The van der Waals surface area contributed by atoms with E-state index in [4.69, 9.17) is 11.6 Å². The molecule has 0 radical (unpaired) electrons. The van der Waals surface area contributed by atoms with Crippen LogP contribution in [0.1, 0.15) is 15.4 Å². The number of hydrogen-bond donors (Lipinski definition) is 2. The molecular formula is C8H7ClN4OS. The number of nitrogens with zero attached hydrogens (tertiary/aromatic N) is 2. The summed E-state index contributed by atoms with van der Waals surface area (Å²) in [6.45, 7) is 0.352. The summed E-state index contributed by atoms with van der Waals surface area (Å²) in [7, 11) is 0. The number of H-pyrrole nitrogens is 1. The largest absolute Gasteiger partial charge is 0.346 e. The van der Waals surface area contributed by atoms with Gasteiger partial charge in [-0.3, -0.25) is 4.79 Å². The molecule has 0 saturated heterocycles. The van der Waals surface area contributed by atoms with Crippen LogP contribution in [0.4, 0.5) is 0 Å². The molecule has 2 rings (SSSR count). The second-order valence-electron chi connectivity index (χ2n) is 2.75. The van der Waals surface area contributed by atoms with Gasteiger partial charge in [-0.15, -0.1) is 11.3 Å². The van der Waals surface area contributed by atoms with Gasteiger partial charge in [-0.05, 0) is 12.1 Å². The van der Waals surface area contributed by atoms with Gasteiger partial charge in [0.15, 0.2) is 0 Å². The molecule has 0 aliphatic heterocycles. The lowest BCUT2D eigenvalue weighted by Crippen LogP contribution is -2.21. The predicted octanol–water partition coefficient (Wildman–Crippen LogP) is 1.45. The van der Waals surface area contributed by atoms with Crippen LogP contribution >= 0.6 is 22.9 Å². The summed E-state index contributed by atoms with van der Waals surface area (Å²) in [5, 5.41) is 12.6. The van der Waals surface area contributed by atoms with Gasteiger partial charge in [0.2, 0.25) is 0 Å². The van der Waals surface area contributed by atoms with Crippen LogP contribution in [0.2, 0.25) is 4.34 Å². The first-order valence-corrected chi connectivity index (χ1v) is 5.33. The fourth-order valence-corrected chi connectivity index (χ4v) is 1.96. The van der Waals surface area contributed by atoms with Gasteiger partial charge in [-0.1, -0.05) is 11.6 Å². The molecule has 0 saturated carbocycles. The Kier molecular flexibility index (Phi) is 2.98. The zero-order valence-electron chi connectivity index (χ0n) is 7.53. The van der Waals surface area contributed by atoms with Crippen molar-refractivity contribution >= 4 is 28.8 Å². The maximum absolute atomic E-state index is 11.5. The summed E-state index contributed by atoms with van der Waals surface area (Å²) in [4.78, 5) is 12.1. The molecule has 0 atom stereocenters. The molecule has 0 spiro atoms. The van der Waals surface area contributed by atoms with Crippen LogP contribution in [0.15, 0.2) is 18.3 Å². The number of carbonyl (C=O) groups is 1. The Morgan fingerprint density at radius 2 is 2.47 bits per heavy atom. The Hall–Kier alpha value is -1.40. The quantitative estimate of drug-likeness (QED) is 0.856. The van der Waals surface area contributed by atoms with Crippen LogP contribution in [0, 0.1) is 0 Å². The van der Waals surface area contributed by atoms with Gasteiger partial charge in [-0.25, -0.2) is 0 Å². The highest BCUT2D eigenvalue weighted by Crippen LogP contribution is 2.21. The second-order valence-corrected chi connectivity index (χ2v) is 4.46. The Morgan fingerprint density at radius 3 is 3.07 bits per heavy atom. The van der Waals surface area contributed by atoms with Crippen molar-refractivity contribution in [2.24, 2.45) is 0 Å². The molecule has 2 heterocycles. The molecule has 15 heavy (non-hydrogen) atoms. The van der Waals surface area contributed by atoms with Crippen LogP contribution in [-0.4, -0.2) is 21.3 Å².